The van der Waals surface area contributed by atoms with E-state index in [1.807, 2.05) is 64.1 Å². The number of amides is 1. The van der Waals surface area contributed by atoms with Gasteiger partial charge in [-0.15, -0.1) is 0 Å². The molecule has 3 aromatic rings. The quantitative estimate of drug-likeness (QED) is 0.572. The fraction of sp³-hybridized carbons (Fsp3) is 0.464. The zero-order valence-electron chi connectivity index (χ0n) is 19.8. The first-order valence-electron chi connectivity index (χ1n) is 12.8. The number of carbonyl (C=O) groups excluding carboxylic acids is 1. The maximum Gasteiger partial charge on any atom is 0.294 e. The zero-order chi connectivity index (χ0) is 23.3. The average molecular weight is 459 g/mol. The van der Waals surface area contributed by atoms with E-state index >= 15 is 0 Å². The highest BCUT2D eigenvalue weighted by atomic mass is 16.2. The molecule has 5 rings (SSSR count). The van der Waals surface area contributed by atoms with Gasteiger partial charge >= 0.3 is 0 Å². The summed E-state index contributed by atoms with van der Waals surface area (Å²) in [6, 6.07) is 18.2. The third-order valence-electron chi connectivity index (χ3n) is 7.31. The van der Waals surface area contributed by atoms with Crippen LogP contribution in [-0.2, 0) is 11.3 Å². The Morgan fingerprint density at radius 1 is 0.912 bits per heavy atom. The number of aromatic nitrogens is 2. The number of nitrogens with zero attached hydrogens (tertiary/aromatic N) is 3. The van der Waals surface area contributed by atoms with Crippen LogP contribution in [0.3, 0.4) is 0 Å². The van der Waals surface area contributed by atoms with Gasteiger partial charge in [0.25, 0.3) is 5.56 Å². The number of fused-ring (bicyclic) bond motifs is 1. The van der Waals surface area contributed by atoms with E-state index in [2.05, 4.69) is 5.32 Å². The zero-order valence-corrected chi connectivity index (χ0v) is 19.8. The minimum atomic E-state index is -0.104. The second-order valence-electron chi connectivity index (χ2n) is 9.78. The number of hydrogen-bond donors (Lipinski definition) is 1. The normalized spacial score (nSPS) is 19.6. The molecule has 1 saturated carbocycles. The molecule has 1 amide bonds. The molecule has 2 fully saturated rings. The molecule has 1 aliphatic carbocycles. The van der Waals surface area contributed by atoms with Crippen LogP contribution in [0, 0.1) is 5.92 Å². The summed E-state index contributed by atoms with van der Waals surface area (Å²) in [6.45, 7) is 1.79. The number of hydrogen-bond acceptors (Lipinski definition) is 4. The minimum Gasteiger partial charge on any atom is -0.353 e. The lowest BCUT2D eigenvalue weighted by Crippen LogP contribution is -2.47. The van der Waals surface area contributed by atoms with Gasteiger partial charge in [0.15, 0.2) is 5.82 Å². The number of carbonyl (C=O) groups is 1. The van der Waals surface area contributed by atoms with Crippen molar-refractivity contribution in [2.24, 2.45) is 5.92 Å². The number of rotatable bonds is 5. The van der Waals surface area contributed by atoms with Crippen LogP contribution in [0.2, 0.25) is 0 Å². The number of benzene rings is 2. The minimum absolute atomic E-state index is 0.0904. The molecule has 2 heterocycles. The maximum absolute atomic E-state index is 13.7. The van der Waals surface area contributed by atoms with Crippen molar-refractivity contribution in [1.82, 2.24) is 14.9 Å². The lowest BCUT2D eigenvalue weighted by Gasteiger charge is -2.33. The molecular formula is C28H34N4O2. The molecular weight excluding hydrogens is 424 g/mol. The molecule has 34 heavy (non-hydrogen) atoms. The van der Waals surface area contributed by atoms with Crippen LogP contribution in [0.1, 0.15) is 56.9 Å². The monoisotopic (exact) mass is 458 g/mol. The predicted molar refractivity (Wildman–Crippen MR) is 136 cm³/mol. The number of piperidine rings is 1. The van der Waals surface area contributed by atoms with Crippen molar-refractivity contribution in [3.8, 4) is 0 Å². The van der Waals surface area contributed by atoms with Gasteiger partial charge in [-0.3, -0.25) is 14.2 Å². The van der Waals surface area contributed by atoms with Crippen LogP contribution < -0.4 is 15.8 Å². The molecule has 2 aliphatic rings. The molecule has 1 aliphatic heterocycles. The highest BCUT2D eigenvalue weighted by Gasteiger charge is 2.30. The van der Waals surface area contributed by atoms with Crippen LogP contribution in [0.15, 0.2) is 59.4 Å². The molecule has 6 heteroatoms. The van der Waals surface area contributed by atoms with Crippen molar-refractivity contribution >= 4 is 22.8 Å². The van der Waals surface area contributed by atoms with Gasteiger partial charge in [0, 0.05) is 19.1 Å². The van der Waals surface area contributed by atoms with Crippen molar-refractivity contribution in [3.63, 3.8) is 0 Å². The van der Waals surface area contributed by atoms with Crippen LogP contribution >= 0.6 is 0 Å². The van der Waals surface area contributed by atoms with Gasteiger partial charge < -0.3 is 10.2 Å². The lowest BCUT2D eigenvalue weighted by molar-refractivity contribution is -0.126. The van der Waals surface area contributed by atoms with E-state index in [0.29, 0.717) is 24.9 Å². The molecule has 0 spiro atoms. The number of para-hydroxylation sites is 2. The second-order valence-corrected chi connectivity index (χ2v) is 9.78. The second kappa shape index (κ2) is 10.4. The van der Waals surface area contributed by atoms with Crippen LogP contribution in [0.5, 0.6) is 0 Å². The number of nitrogens with one attached hydrogen (secondary N) is 1. The molecule has 0 bridgehead atoms. The molecule has 6 nitrogen and oxygen atoms in total. The third-order valence-corrected chi connectivity index (χ3v) is 7.31. The first kappa shape index (κ1) is 22.6. The average Bonchev–Trinajstić information content (AvgIpc) is 3.15. The van der Waals surface area contributed by atoms with E-state index in [1.54, 1.807) is 0 Å². The molecule has 2 aromatic carbocycles. The van der Waals surface area contributed by atoms with Crippen molar-refractivity contribution in [1.29, 1.82) is 0 Å². The molecule has 1 saturated heterocycles. The Morgan fingerprint density at radius 2 is 1.65 bits per heavy atom. The summed E-state index contributed by atoms with van der Waals surface area (Å²) in [5.41, 5.74) is 2.62. The Labute approximate surface area is 201 Å². The van der Waals surface area contributed by atoms with Gasteiger partial charge in [-0.05, 0) is 43.4 Å². The maximum atomic E-state index is 13.7. The van der Waals surface area contributed by atoms with Gasteiger partial charge in [0.2, 0.25) is 5.91 Å². The van der Waals surface area contributed by atoms with Crippen molar-refractivity contribution < 1.29 is 4.79 Å². The lowest BCUT2D eigenvalue weighted by atomic mass is 9.96. The Balaban J connectivity index is 1.40. The van der Waals surface area contributed by atoms with Gasteiger partial charge in [-0.25, -0.2) is 4.98 Å². The van der Waals surface area contributed by atoms with Crippen molar-refractivity contribution in [2.45, 2.75) is 64.0 Å². The summed E-state index contributed by atoms with van der Waals surface area (Å²) in [6.07, 6.45) is 8.85. The largest absolute Gasteiger partial charge is 0.353 e. The van der Waals surface area contributed by atoms with E-state index in [0.717, 1.165) is 48.8 Å². The van der Waals surface area contributed by atoms with E-state index in [-0.39, 0.29) is 17.4 Å². The summed E-state index contributed by atoms with van der Waals surface area (Å²) >= 11 is 0. The smallest absolute Gasteiger partial charge is 0.294 e. The Bertz CT molecular complexity index is 1180. The molecule has 1 aromatic heterocycles. The fourth-order valence-corrected chi connectivity index (χ4v) is 5.43. The van der Waals surface area contributed by atoms with Gasteiger partial charge in [-0.1, -0.05) is 68.1 Å². The SMILES string of the molecule is O=C(NC1CCCCCC1)[C@@H]1CCCN(c2nc3ccccc3n(Cc3ccccc3)c2=O)C1. The van der Waals surface area contributed by atoms with Crippen LogP contribution in [-0.4, -0.2) is 34.6 Å². The van der Waals surface area contributed by atoms with Gasteiger partial charge in [0.1, 0.15) is 0 Å². The first-order valence-corrected chi connectivity index (χ1v) is 12.8. The molecule has 0 radical (unpaired) electrons. The molecule has 1 atom stereocenters. The number of anilines is 1. The van der Waals surface area contributed by atoms with E-state index in [4.69, 9.17) is 4.98 Å². The summed E-state index contributed by atoms with van der Waals surface area (Å²) in [5.74, 6) is 0.496. The van der Waals surface area contributed by atoms with E-state index < -0.39 is 0 Å². The summed E-state index contributed by atoms with van der Waals surface area (Å²) < 4.78 is 1.82. The Kier molecular flexibility index (Phi) is 6.93. The van der Waals surface area contributed by atoms with Gasteiger partial charge in [-0.2, -0.15) is 0 Å². The topological polar surface area (TPSA) is 67.2 Å². The predicted octanol–water partition coefficient (Wildman–Crippen LogP) is 4.50. The Hall–Kier alpha value is -3.15. The van der Waals surface area contributed by atoms with Crippen LogP contribution in [0.25, 0.3) is 11.0 Å². The van der Waals surface area contributed by atoms with E-state index in [9.17, 15) is 9.59 Å². The summed E-state index contributed by atoms with van der Waals surface area (Å²) in [4.78, 5) is 33.6. The van der Waals surface area contributed by atoms with E-state index in [1.165, 1.54) is 25.7 Å². The van der Waals surface area contributed by atoms with Gasteiger partial charge in [0.05, 0.1) is 23.5 Å². The van der Waals surface area contributed by atoms with Crippen molar-refractivity contribution in [2.75, 3.05) is 18.0 Å². The van der Waals surface area contributed by atoms with Crippen molar-refractivity contribution in [3.05, 3.63) is 70.5 Å². The standard InChI is InChI=1S/C28H34N4O2/c33-27(29-23-14-6-1-2-7-15-23)22-13-10-18-31(20-22)26-28(34)32(19-21-11-4-3-5-12-21)25-17-9-8-16-24(25)30-26/h3-5,8-9,11-12,16-17,22-23H,1-2,6-7,10,13-15,18-20H2,(H,29,33)/t22-/m1/s1. The summed E-state index contributed by atoms with van der Waals surface area (Å²) in [5, 5.41) is 3.32. The molecule has 1 N–H and O–H groups in total. The molecule has 0 unspecified atom stereocenters. The van der Waals surface area contributed by atoms with Crippen LogP contribution in [0.4, 0.5) is 5.82 Å². The fourth-order valence-electron chi connectivity index (χ4n) is 5.43. The summed E-state index contributed by atoms with van der Waals surface area (Å²) in [7, 11) is 0. The highest BCUT2D eigenvalue weighted by Crippen LogP contribution is 2.24. The highest BCUT2D eigenvalue weighted by molar-refractivity contribution is 5.80. The first-order chi connectivity index (χ1) is 16.7. The Morgan fingerprint density at radius 3 is 2.44 bits per heavy atom. The third kappa shape index (κ3) is 5.01. The molecule has 178 valence electrons.